The molecule has 0 aromatic carbocycles. The minimum atomic E-state index is 0.426. The molecular formula is C15H24N4S. The van der Waals surface area contributed by atoms with Crippen molar-refractivity contribution in [1.82, 2.24) is 20.1 Å². The van der Waals surface area contributed by atoms with Crippen molar-refractivity contribution in [1.29, 1.82) is 0 Å². The van der Waals surface area contributed by atoms with Crippen LogP contribution >= 0.6 is 11.3 Å². The van der Waals surface area contributed by atoms with Gasteiger partial charge in [0.15, 0.2) is 0 Å². The number of nitrogens with one attached hydrogen (secondary N) is 1. The maximum absolute atomic E-state index is 4.58. The summed E-state index contributed by atoms with van der Waals surface area (Å²) >= 11 is 1.76. The molecule has 0 aliphatic rings. The van der Waals surface area contributed by atoms with Gasteiger partial charge in [-0.05, 0) is 32.9 Å². The summed E-state index contributed by atoms with van der Waals surface area (Å²) in [5.74, 6) is 0. The van der Waals surface area contributed by atoms with Gasteiger partial charge in [0.1, 0.15) is 0 Å². The van der Waals surface area contributed by atoms with Crippen molar-refractivity contribution in [2.45, 2.75) is 46.1 Å². The molecule has 110 valence electrons. The van der Waals surface area contributed by atoms with E-state index >= 15 is 0 Å². The SMILES string of the molecule is CCCNC(Cc1nc(C)cs1)Cc1cc(C)nn1C. The van der Waals surface area contributed by atoms with Gasteiger partial charge >= 0.3 is 0 Å². The molecule has 20 heavy (non-hydrogen) atoms. The molecular weight excluding hydrogens is 268 g/mol. The van der Waals surface area contributed by atoms with E-state index in [2.05, 4.69) is 40.7 Å². The van der Waals surface area contributed by atoms with Crippen LogP contribution in [0, 0.1) is 13.8 Å². The Bertz CT molecular complexity index is 544. The summed E-state index contributed by atoms with van der Waals surface area (Å²) in [5, 5.41) is 11.4. The molecule has 0 spiro atoms. The van der Waals surface area contributed by atoms with E-state index in [1.165, 1.54) is 10.7 Å². The Balaban J connectivity index is 2.04. The Morgan fingerprint density at radius 1 is 1.30 bits per heavy atom. The number of aryl methyl sites for hydroxylation is 3. The van der Waals surface area contributed by atoms with Crippen LogP contribution in [0.4, 0.5) is 0 Å². The summed E-state index contributed by atoms with van der Waals surface area (Å²) in [4.78, 5) is 4.58. The zero-order valence-corrected chi connectivity index (χ0v) is 13.6. The number of hydrogen-bond donors (Lipinski definition) is 1. The maximum atomic E-state index is 4.58. The normalized spacial score (nSPS) is 12.8. The van der Waals surface area contributed by atoms with Crippen LogP contribution in [0.5, 0.6) is 0 Å². The average Bonchev–Trinajstić information content (AvgIpc) is 2.93. The molecule has 1 N–H and O–H groups in total. The van der Waals surface area contributed by atoms with Gasteiger partial charge in [0.25, 0.3) is 0 Å². The Morgan fingerprint density at radius 2 is 2.10 bits per heavy atom. The number of thiazole rings is 1. The van der Waals surface area contributed by atoms with Crippen molar-refractivity contribution in [2.75, 3.05) is 6.54 Å². The highest BCUT2D eigenvalue weighted by Crippen LogP contribution is 2.14. The molecule has 2 rings (SSSR count). The van der Waals surface area contributed by atoms with Gasteiger partial charge in [-0.1, -0.05) is 6.92 Å². The first-order chi connectivity index (χ1) is 9.58. The third-order valence-electron chi connectivity index (χ3n) is 3.33. The fourth-order valence-corrected chi connectivity index (χ4v) is 3.23. The predicted octanol–water partition coefficient (Wildman–Crippen LogP) is 2.65. The van der Waals surface area contributed by atoms with E-state index in [9.17, 15) is 0 Å². The van der Waals surface area contributed by atoms with Gasteiger partial charge in [-0.25, -0.2) is 4.98 Å². The molecule has 1 unspecified atom stereocenters. The minimum Gasteiger partial charge on any atom is -0.313 e. The maximum Gasteiger partial charge on any atom is 0.0943 e. The van der Waals surface area contributed by atoms with Gasteiger partial charge in [0.2, 0.25) is 0 Å². The number of hydrogen-bond acceptors (Lipinski definition) is 4. The van der Waals surface area contributed by atoms with Crippen LogP contribution in [-0.4, -0.2) is 27.4 Å². The zero-order chi connectivity index (χ0) is 14.5. The van der Waals surface area contributed by atoms with Gasteiger partial charge in [-0.3, -0.25) is 4.68 Å². The third kappa shape index (κ3) is 4.15. The molecule has 0 amide bonds. The number of nitrogens with zero attached hydrogens (tertiary/aromatic N) is 3. The fraction of sp³-hybridized carbons (Fsp3) is 0.600. The van der Waals surface area contributed by atoms with Gasteiger partial charge in [-0.15, -0.1) is 11.3 Å². The summed E-state index contributed by atoms with van der Waals surface area (Å²) < 4.78 is 1.99. The quantitative estimate of drug-likeness (QED) is 0.853. The third-order valence-corrected chi connectivity index (χ3v) is 4.31. The lowest BCUT2D eigenvalue weighted by Gasteiger charge is -2.17. The molecule has 0 fully saturated rings. The van der Waals surface area contributed by atoms with Crippen molar-refractivity contribution in [3.63, 3.8) is 0 Å². The summed E-state index contributed by atoms with van der Waals surface area (Å²) in [6.45, 7) is 7.35. The molecule has 0 radical (unpaired) electrons. The van der Waals surface area contributed by atoms with Crippen molar-refractivity contribution >= 4 is 11.3 Å². The molecule has 2 heterocycles. The van der Waals surface area contributed by atoms with E-state index in [1.807, 2.05) is 18.7 Å². The monoisotopic (exact) mass is 292 g/mol. The summed E-state index contributed by atoms with van der Waals surface area (Å²) in [5.41, 5.74) is 3.49. The zero-order valence-electron chi connectivity index (χ0n) is 12.8. The lowest BCUT2D eigenvalue weighted by molar-refractivity contribution is 0.489. The summed E-state index contributed by atoms with van der Waals surface area (Å²) in [6.07, 6.45) is 3.14. The second kappa shape index (κ2) is 6.99. The van der Waals surface area contributed by atoms with Crippen LogP contribution in [0.2, 0.25) is 0 Å². The molecule has 2 aromatic rings. The molecule has 0 aliphatic carbocycles. The highest BCUT2D eigenvalue weighted by atomic mass is 32.1. The molecule has 2 aromatic heterocycles. The van der Waals surface area contributed by atoms with Crippen LogP contribution in [0.1, 0.15) is 35.4 Å². The number of rotatable bonds is 7. The Labute approximate surface area is 125 Å². The smallest absolute Gasteiger partial charge is 0.0943 e. The van der Waals surface area contributed by atoms with E-state index in [-0.39, 0.29) is 0 Å². The topological polar surface area (TPSA) is 42.7 Å². The Hall–Kier alpha value is -1.20. The average molecular weight is 292 g/mol. The lowest BCUT2D eigenvalue weighted by atomic mass is 10.1. The van der Waals surface area contributed by atoms with Gasteiger partial charge in [0.05, 0.1) is 10.7 Å². The van der Waals surface area contributed by atoms with Crippen LogP contribution in [0.15, 0.2) is 11.4 Å². The van der Waals surface area contributed by atoms with Crippen LogP contribution < -0.4 is 5.32 Å². The van der Waals surface area contributed by atoms with Gasteiger partial charge in [0, 0.05) is 42.7 Å². The standard InChI is InChI=1S/C15H24N4S/c1-5-6-16-13(9-15-17-12(3)10-20-15)8-14-7-11(2)18-19(14)4/h7,10,13,16H,5-6,8-9H2,1-4H3. The Morgan fingerprint density at radius 3 is 2.65 bits per heavy atom. The van der Waals surface area contributed by atoms with E-state index < -0.39 is 0 Å². The van der Waals surface area contributed by atoms with Crippen LogP contribution in [0.25, 0.3) is 0 Å². The minimum absolute atomic E-state index is 0.426. The van der Waals surface area contributed by atoms with Crippen molar-refractivity contribution in [3.05, 3.63) is 33.5 Å². The largest absolute Gasteiger partial charge is 0.313 e. The Kier molecular flexibility index (Phi) is 5.31. The summed E-state index contributed by atoms with van der Waals surface area (Å²) in [6, 6.07) is 2.60. The van der Waals surface area contributed by atoms with E-state index in [0.717, 1.165) is 37.2 Å². The van der Waals surface area contributed by atoms with Gasteiger partial charge < -0.3 is 5.32 Å². The van der Waals surface area contributed by atoms with Gasteiger partial charge in [-0.2, -0.15) is 5.10 Å². The highest BCUT2D eigenvalue weighted by molar-refractivity contribution is 7.09. The lowest BCUT2D eigenvalue weighted by Crippen LogP contribution is -2.34. The first-order valence-corrected chi connectivity index (χ1v) is 8.10. The second-order valence-electron chi connectivity index (χ2n) is 5.34. The van der Waals surface area contributed by atoms with E-state index in [1.54, 1.807) is 11.3 Å². The molecule has 0 bridgehead atoms. The fourth-order valence-electron chi connectivity index (χ4n) is 2.38. The molecule has 0 aliphatic heterocycles. The second-order valence-corrected chi connectivity index (χ2v) is 6.29. The van der Waals surface area contributed by atoms with E-state index in [4.69, 9.17) is 0 Å². The van der Waals surface area contributed by atoms with Crippen LogP contribution in [0.3, 0.4) is 0 Å². The first kappa shape index (κ1) is 15.2. The number of aromatic nitrogens is 3. The van der Waals surface area contributed by atoms with Crippen molar-refractivity contribution < 1.29 is 0 Å². The predicted molar refractivity (Wildman–Crippen MR) is 84.3 cm³/mol. The molecule has 0 saturated carbocycles. The van der Waals surface area contributed by atoms with Crippen molar-refractivity contribution in [2.24, 2.45) is 7.05 Å². The van der Waals surface area contributed by atoms with Crippen molar-refractivity contribution in [3.8, 4) is 0 Å². The molecule has 5 heteroatoms. The molecule has 1 atom stereocenters. The summed E-state index contributed by atoms with van der Waals surface area (Å²) in [7, 11) is 2.02. The highest BCUT2D eigenvalue weighted by Gasteiger charge is 2.14. The molecule has 4 nitrogen and oxygen atoms in total. The first-order valence-electron chi connectivity index (χ1n) is 7.22. The molecule has 0 saturated heterocycles. The van der Waals surface area contributed by atoms with Crippen LogP contribution in [-0.2, 0) is 19.9 Å². The van der Waals surface area contributed by atoms with E-state index in [0.29, 0.717) is 6.04 Å².